The van der Waals surface area contributed by atoms with Crippen LogP contribution in [0.25, 0.3) is 0 Å². The lowest BCUT2D eigenvalue weighted by molar-refractivity contribution is 0.0467. The first-order valence-electron chi connectivity index (χ1n) is 5.71. The average Bonchev–Trinajstić information content (AvgIpc) is 2.34. The molecule has 3 nitrogen and oxygen atoms in total. The normalized spacial score (nSPS) is 12.4. The molecule has 1 atom stereocenters. The summed E-state index contributed by atoms with van der Waals surface area (Å²) in [6.07, 6.45) is 2.31. The van der Waals surface area contributed by atoms with Gasteiger partial charge in [0.05, 0.1) is 19.8 Å². The van der Waals surface area contributed by atoms with Gasteiger partial charge >= 0.3 is 0 Å². The Morgan fingerprint density at radius 1 is 1.25 bits per heavy atom. The maximum absolute atomic E-state index is 5.71. The minimum absolute atomic E-state index is 0.269. The molecule has 1 rings (SSSR count). The molecular weight excluding hydrogens is 202 g/mol. The van der Waals surface area contributed by atoms with Crippen molar-refractivity contribution in [1.29, 1.82) is 0 Å². The van der Waals surface area contributed by atoms with E-state index >= 15 is 0 Å². The summed E-state index contributed by atoms with van der Waals surface area (Å²) < 4.78 is 10.8. The van der Waals surface area contributed by atoms with Crippen molar-refractivity contribution >= 4 is 0 Å². The monoisotopic (exact) mass is 223 g/mol. The Hall–Kier alpha value is -1.06. The van der Waals surface area contributed by atoms with Gasteiger partial charge in [-0.3, -0.25) is 0 Å². The van der Waals surface area contributed by atoms with E-state index in [1.807, 2.05) is 24.3 Å². The summed E-state index contributed by atoms with van der Waals surface area (Å²) in [6, 6.07) is 7.94. The zero-order valence-corrected chi connectivity index (χ0v) is 10.1. The van der Waals surface area contributed by atoms with Crippen molar-refractivity contribution in [1.82, 2.24) is 0 Å². The van der Waals surface area contributed by atoms with E-state index in [2.05, 4.69) is 6.92 Å². The number of benzene rings is 1. The van der Waals surface area contributed by atoms with Crippen LogP contribution in [0.2, 0.25) is 0 Å². The van der Waals surface area contributed by atoms with E-state index < -0.39 is 0 Å². The van der Waals surface area contributed by atoms with Gasteiger partial charge in [-0.25, -0.2) is 0 Å². The smallest absolute Gasteiger partial charge is 0.118 e. The molecule has 0 bridgehead atoms. The molecule has 1 aromatic carbocycles. The van der Waals surface area contributed by atoms with Crippen molar-refractivity contribution in [2.24, 2.45) is 5.73 Å². The standard InChI is InChI=1S/C13H21NO2/c1-11(4-3-9-14)16-10-12-5-7-13(15-2)8-6-12/h5-8,11H,3-4,9-10,14H2,1-2H3. The van der Waals surface area contributed by atoms with Gasteiger partial charge in [-0.1, -0.05) is 12.1 Å². The second-order valence-corrected chi connectivity index (χ2v) is 3.90. The number of methoxy groups -OCH3 is 1. The Labute approximate surface area is 97.6 Å². The van der Waals surface area contributed by atoms with Gasteiger partial charge in [0.1, 0.15) is 5.75 Å². The highest BCUT2D eigenvalue weighted by Crippen LogP contribution is 2.13. The minimum atomic E-state index is 0.269. The number of hydrogen-bond donors (Lipinski definition) is 1. The van der Waals surface area contributed by atoms with E-state index in [4.69, 9.17) is 15.2 Å². The lowest BCUT2D eigenvalue weighted by Gasteiger charge is -2.12. The molecule has 0 fully saturated rings. The zero-order chi connectivity index (χ0) is 11.8. The van der Waals surface area contributed by atoms with Gasteiger partial charge < -0.3 is 15.2 Å². The number of hydrogen-bond acceptors (Lipinski definition) is 3. The fraction of sp³-hybridized carbons (Fsp3) is 0.538. The predicted molar refractivity (Wildman–Crippen MR) is 65.5 cm³/mol. The molecule has 0 aliphatic heterocycles. The van der Waals surface area contributed by atoms with E-state index in [1.165, 1.54) is 5.56 Å². The van der Waals surface area contributed by atoms with Crippen LogP contribution in [0.4, 0.5) is 0 Å². The zero-order valence-electron chi connectivity index (χ0n) is 10.1. The van der Waals surface area contributed by atoms with Crippen molar-refractivity contribution in [3.8, 4) is 5.75 Å². The molecule has 90 valence electrons. The molecule has 0 aliphatic carbocycles. The Kier molecular flexibility index (Phi) is 5.90. The number of ether oxygens (including phenoxy) is 2. The van der Waals surface area contributed by atoms with E-state index in [1.54, 1.807) is 7.11 Å². The molecule has 0 saturated heterocycles. The highest BCUT2D eigenvalue weighted by atomic mass is 16.5. The third-order valence-electron chi connectivity index (χ3n) is 2.51. The van der Waals surface area contributed by atoms with Gasteiger partial charge in [0.15, 0.2) is 0 Å². The predicted octanol–water partition coefficient (Wildman–Crippen LogP) is 2.34. The quantitative estimate of drug-likeness (QED) is 0.771. The Bertz CT molecular complexity index is 284. The van der Waals surface area contributed by atoms with Crippen molar-refractivity contribution in [2.75, 3.05) is 13.7 Å². The topological polar surface area (TPSA) is 44.5 Å². The van der Waals surface area contributed by atoms with E-state index in [0.717, 1.165) is 25.1 Å². The van der Waals surface area contributed by atoms with Gasteiger partial charge in [-0.15, -0.1) is 0 Å². The molecule has 0 heterocycles. The molecule has 0 spiro atoms. The Morgan fingerprint density at radius 3 is 2.50 bits per heavy atom. The van der Waals surface area contributed by atoms with E-state index in [-0.39, 0.29) is 6.10 Å². The van der Waals surface area contributed by atoms with Crippen LogP contribution in [-0.2, 0) is 11.3 Å². The fourth-order valence-electron chi connectivity index (χ4n) is 1.45. The molecule has 0 radical (unpaired) electrons. The summed E-state index contributed by atoms with van der Waals surface area (Å²) in [5, 5.41) is 0. The van der Waals surface area contributed by atoms with Crippen LogP contribution in [0.3, 0.4) is 0 Å². The lowest BCUT2D eigenvalue weighted by atomic mass is 10.2. The summed E-state index contributed by atoms with van der Waals surface area (Å²) in [4.78, 5) is 0. The summed E-state index contributed by atoms with van der Waals surface area (Å²) >= 11 is 0. The molecule has 2 N–H and O–H groups in total. The largest absolute Gasteiger partial charge is 0.497 e. The Balaban J connectivity index is 2.30. The van der Waals surface area contributed by atoms with Crippen LogP contribution in [0.1, 0.15) is 25.3 Å². The molecule has 3 heteroatoms. The van der Waals surface area contributed by atoms with Crippen LogP contribution < -0.4 is 10.5 Å². The van der Waals surface area contributed by atoms with Gasteiger partial charge in [0, 0.05) is 0 Å². The summed E-state index contributed by atoms with van der Waals surface area (Å²) in [6.45, 7) is 3.46. The van der Waals surface area contributed by atoms with Crippen LogP contribution in [0.5, 0.6) is 5.75 Å². The van der Waals surface area contributed by atoms with Crippen LogP contribution >= 0.6 is 0 Å². The molecule has 1 aromatic rings. The molecule has 16 heavy (non-hydrogen) atoms. The third kappa shape index (κ3) is 4.64. The van der Waals surface area contributed by atoms with Crippen molar-refractivity contribution in [2.45, 2.75) is 32.5 Å². The maximum atomic E-state index is 5.71. The lowest BCUT2D eigenvalue weighted by Crippen LogP contribution is -2.10. The number of nitrogens with two attached hydrogens (primary N) is 1. The first kappa shape index (κ1) is 13.0. The van der Waals surface area contributed by atoms with E-state index in [9.17, 15) is 0 Å². The molecule has 0 saturated carbocycles. The van der Waals surface area contributed by atoms with Gasteiger partial charge in [0.25, 0.3) is 0 Å². The minimum Gasteiger partial charge on any atom is -0.497 e. The molecule has 0 amide bonds. The fourth-order valence-corrected chi connectivity index (χ4v) is 1.45. The summed E-state index contributed by atoms with van der Waals surface area (Å²) in [5.74, 6) is 0.875. The molecule has 1 unspecified atom stereocenters. The van der Waals surface area contributed by atoms with Gasteiger partial charge in [0.2, 0.25) is 0 Å². The molecule has 0 aliphatic rings. The van der Waals surface area contributed by atoms with E-state index in [0.29, 0.717) is 6.61 Å². The van der Waals surface area contributed by atoms with Crippen LogP contribution in [0, 0.1) is 0 Å². The number of rotatable bonds is 7. The molecule has 0 aromatic heterocycles. The van der Waals surface area contributed by atoms with Crippen molar-refractivity contribution in [3.63, 3.8) is 0 Å². The second-order valence-electron chi connectivity index (χ2n) is 3.90. The highest BCUT2D eigenvalue weighted by Gasteiger charge is 2.02. The molecular formula is C13H21NO2. The second kappa shape index (κ2) is 7.25. The van der Waals surface area contributed by atoms with Crippen molar-refractivity contribution in [3.05, 3.63) is 29.8 Å². The van der Waals surface area contributed by atoms with Gasteiger partial charge in [-0.2, -0.15) is 0 Å². The first-order valence-corrected chi connectivity index (χ1v) is 5.71. The van der Waals surface area contributed by atoms with Gasteiger partial charge in [-0.05, 0) is 44.0 Å². The van der Waals surface area contributed by atoms with Crippen molar-refractivity contribution < 1.29 is 9.47 Å². The summed E-state index contributed by atoms with van der Waals surface area (Å²) in [7, 11) is 1.67. The Morgan fingerprint density at radius 2 is 1.94 bits per heavy atom. The van der Waals surface area contributed by atoms with Crippen LogP contribution in [-0.4, -0.2) is 19.8 Å². The maximum Gasteiger partial charge on any atom is 0.118 e. The van der Waals surface area contributed by atoms with Crippen LogP contribution in [0.15, 0.2) is 24.3 Å². The average molecular weight is 223 g/mol. The SMILES string of the molecule is COc1ccc(COC(C)CCCN)cc1. The summed E-state index contributed by atoms with van der Waals surface area (Å²) in [5.41, 5.74) is 6.61. The first-order chi connectivity index (χ1) is 7.76. The third-order valence-corrected chi connectivity index (χ3v) is 2.51. The highest BCUT2D eigenvalue weighted by molar-refractivity contribution is 5.26.